The predicted molar refractivity (Wildman–Crippen MR) is 92.9 cm³/mol. The van der Waals surface area contributed by atoms with Crippen LogP contribution in [-0.4, -0.2) is 52.1 Å². The summed E-state index contributed by atoms with van der Waals surface area (Å²) >= 11 is 0. The Morgan fingerprint density at radius 3 is 2.38 bits per heavy atom. The van der Waals surface area contributed by atoms with Gasteiger partial charge in [-0.25, -0.2) is 9.97 Å². The molecule has 0 bridgehead atoms. The number of rotatable bonds is 6. The molecular formula is C18H26N4O2. The van der Waals surface area contributed by atoms with Crippen molar-refractivity contribution in [3.63, 3.8) is 0 Å². The lowest BCUT2D eigenvalue weighted by molar-refractivity contribution is -0.152. The number of carbonyl (C=O) groups is 1. The van der Waals surface area contributed by atoms with Crippen LogP contribution >= 0.6 is 0 Å². The van der Waals surface area contributed by atoms with Gasteiger partial charge in [-0.3, -0.25) is 9.69 Å². The molecule has 0 aromatic carbocycles. The minimum atomic E-state index is -0.694. The SMILES string of the molecule is C=CCC1(C(=O)O)CCN(Cc2cnc(N3CCCC3)nc2)CC1. The lowest BCUT2D eigenvalue weighted by Gasteiger charge is -2.38. The third-order valence-electron chi connectivity index (χ3n) is 5.29. The van der Waals surface area contributed by atoms with E-state index in [-0.39, 0.29) is 0 Å². The maximum atomic E-state index is 11.6. The molecule has 2 saturated heterocycles. The lowest BCUT2D eigenvalue weighted by atomic mass is 9.75. The Hall–Kier alpha value is -1.95. The summed E-state index contributed by atoms with van der Waals surface area (Å²) in [6.07, 6.45) is 9.86. The fourth-order valence-corrected chi connectivity index (χ4v) is 3.69. The molecule has 0 spiro atoms. The van der Waals surface area contributed by atoms with Gasteiger partial charge in [-0.2, -0.15) is 0 Å². The van der Waals surface area contributed by atoms with Crippen LogP contribution in [-0.2, 0) is 11.3 Å². The van der Waals surface area contributed by atoms with E-state index < -0.39 is 11.4 Å². The molecule has 6 heteroatoms. The van der Waals surface area contributed by atoms with Gasteiger partial charge in [0.05, 0.1) is 5.41 Å². The number of piperidine rings is 1. The van der Waals surface area contributed by atoms with Crippen LogP contribution in [0.15, 0.2) is 25.0 Å². The summed E-state index contributed by atoms with van der Waals surface area (Å²) in [5.74, 6) is 0.131. The molecule has 1 N–H and O–H groups in total. The normalized spacial score (nSPS) is 20.9. The molecule has 3 heterocycles. The Balaban J connectivity index is 1.55. The van der Waals surface area contributed by atoms with Gasteiger partial charge >= 0.3 is 5.97 Å². The first-order valence-corrected chi connectivity index (χ1v) is 8.75. The Morgan fingerprint density at radius 2 is 1.83 bits per heavy atom. The fraction of sp³-hybridized carbons (Fsp3) is 0.611. The average Bonchev–Trinajstić information content (AvgIpc) is 3.12. The number of carboxylic acid groups (broad SMARTS) is 1. The third-order valence-corrected chi connectivity index (χ3v) is 5.29. The first-order valence-electron chi connectivity index (χ1n) is 8.75. The summed E-state index contributed by atoms with van der Waals surface area (Å²) in [5, 5.41) is 9.54. The molecule has 1 aromatic rings. The summed E-state index contributed by atoms with van der Waals surface area (Å²) in [7, 11) is 0. The highest BCUT2D eigenvalue weighted by atomic mass is 16.4. The van der Waals surface area contributed by atoms with Gasteiger partial charge in [-0.15, -0.1) is 6.58 Å². The summed E-state index contributed by atoms with van der Waals surface area (Å²) in [6.45, 7) is 8.16. The van der Waals surface area contributed by atoms with Gasteiger partial charge in [0.25, 0.3) is 0 Å². The predicted octanol–water partition coefficient (Wildman–Crippen LogP) is 2.32. The van der Waals surface area contributed by atoms with Gasteiger partial charge in [0, 0.05) is 37.6 Å². The Morgan fingerprint density at radius 1 is 1.21 bits per heavy atom. The zero-order chi connectivity index (χ0) is 17.0. The molecule has 1 aromatic heterocycles. The number of hydrogen-bond donors (Lipinski definition) is 1. The van der Waals surface area contributed by atoms with E-state index in [4.69, 9.17) is 0 Å². The van der Waals surface area contributed by atoms with Crippen molar-refractivity contribution in [2.75, 3.05) is 31.1 Å². The maximum Gasteiger partial charge on any atom is 0.310 e. The van der Waals surface area contributed by atoms with Crippen molar-refractivity contribution in [1.82, 2.24) is 14.9 Å². The summed E-state index contributed by atoms with van der Waals surface area (Å²) in [6, 6.07) is 0. The second kappa shape index (κ2) is 7.30. The quantitative estimate of drug-likeness (QED) is 0.807. The van der Waals surface area contributed by atoms with Crippen molar-refractivity contribution < 1.29 is 9.90 Å². The number of nitrogens with zero attached hydrogens (tertiary/aromatic N) is 4. The van der Waals surface area contributed by atoms with Gasteiger partial charge in [0.2, 0.25) is 5.95 Å². The number of hydrogen-bond acceptors (Lipinski definition) is 5. The van der Waals surface area contributed by atoms with Crippen LogP contribution in [0, 0.1) is 5.41 Å². The Labute approximate surface area is 143 Å². The molecule has 6 nitrogen and oxygen atoms in total. The summed E-state index contributed by atoms with van der Waals surface area (Å²) in [5.41, 5.74) is 0.457. The van der Waals surface area contributed by atoms with Crippen LogP contribution in [0.1, 0.15) is 37.7 Å². The van der Waals surface area contributed by atoms with E-state index >= 15 is 0 Å². The molecule has 0 aliphatic carbocycles. The molecule has 2 fully saturated rings. The highest BCUT2D eigenvalue weighted by molar-refractivity contribution is 5.75. The summed E-state index contributed by atoms with van der Waals surface area (Å²) < 4.78 is 0. The minimum Gasteiger partial charge on any atom is -0.481 e. The van der Waals surface area contributed by atoms with E-state index in [2.05, 4.69) is 26.3 Å². The monoisotopic (exact) mass is 330 g/mol. The largest absolute Gasteiger partial charge is 0.481 e. The molecule has 0 radical (unpaired) electrons. The molecule has 0 atom stereocenters. The van der Waals surface area contributed by atoms with Crippen LogP contribution in [0.4, 0.5) is 5.95 Å². The highest BCUT2D eigenvalue weighted by Gasteiger charge is 2.40. The second-order valence-electron chi connectivity index (χ2n) is 6.94. The molecule has 2 aliphatic heterocycles. The molecule has 2 aliphatic rings. The minimum absolute atomic E-state index is 0.545. The molecular weight excluding hydrogens is 304 g/mol. The van der Waals surface area contributed by atoms with E-state index in [1.54, 1.807) is 6.08 Å². The van der Waals surface area contributed by atoms with Crippen LogP contribution in [0.2, 0.25) is 0 Å². The second-order valence-corrected chi connectivity index (χ2v) is 6.94. The van der Waals surface area contributed by atoms with E-state index in [1.807, 2.05) is 12.4 Å². The lowest BCUT2D eigenvalue weighted by Crippen LogP contribution is -2.43. The maximum absolute atomic E-state index is 11.6. The smallest absolute Gasteiger partial charge is 0.310 e. The van der Waals surface area contributed by atoms with Crippen LogP contribution in [0.3, 0.4) is 0 Å². The third kappa shape index (κ3) is 3.59. The average molecular weight is 330 g/mol. The number of carboxylic acids is 1. The van der Waals surface area contributed by atoms with Crippen LogP contribution in [0.5, 0.6) is 0 Å². The molecule has 130 valence electrons. The number of anilines is 1. The molecule has 0 amide bonds. The van der Waals surface area contributed by atoms with E-state index in [0.717, 1.165) is 44.2 Å². The molecule has 3 rings (SSSR count). The van der Waals surface area contributed by atoms with Gasteiger partial charge in [-0.1, -0.05) is 6.08 Å². The van der Waals surface area contributed by atoms with Gasteiger partial charge in [0.15, 0.2) is 0 Å². The molecule has 24 heavy (non-hydrogen) atoms. The fourth-order valence-electron chi connectivity index (χ4n) is 3.69. The number of allylic oxidation sites excluding steroid dienone is 1. The number of aliphatic carboxylic acids is 1. The topological polar surface area (TPSA) is 69.6 Å². The zero-order valence-corrected chi connectivity index (χ0v) is 14.2. The first-order chi connectivity index (χ1) is 11.6. The van der Waals surface area contributed by atoms with E-state index in [9.17, 15) is 9.90 Å². The number of aromatic nitrogens is 2. The van der Waals surface area contributed by atoms with Crippen LogP contribution in [0.25, 0.3) is 0 Å². The highest BCUT2D eigenvalue weighted by Crippen LogP contribution is 2.36. The van der Waals surface area contributed by atoms with Gasteiger partial charge < -0.3 is 10.0 Å². The summed E-state index contributed by atoms with van der Waals surface area (Å²) in [4.78, 5) is 25.1. The van der Waals surface area contributed by atoms with E-state index in [0.29, 0.717) is 19.3 Å². The number of likely N-dealkylation sites (tertiary alicyclic amines) is 1. The van der Waals surface area contributed by atoms with Crippen molar-refractivity contribution in [1.29, 1.82) is 0 Å². The van der Waals surface area contributed by atoms with Crippen molar-refractivity contribution >= 4 is 11.9 Å². The van der Waals surface area contributed by atoms with Crippen molar-refractivity contribution in [3.8, 4) is 0 Å². The van der Waals surface area contributed by atoms with Crippen molar-refractivity contribution in [2.24, 2.45) is 5.41 Å². The first kappa shape index (κ1) is 16.9. The molecule has 0 unspecified atom stereocenters. The Bertz CT molecular complexity index is 573. The molecule has 0 saturated carbocycles. The van der Waals surface area contributed by atoms with Crippen molar-refractivity contribution in [3.05, 3.63) is 30.6 Å². The standard InChI is InChI=1S/C18H26N4O2/c1-2-5-18(16(23)24)6-10-21(11-7-18)14-15-12-19-17(20-13-15)22-8-3-4-9-22/h2,12-13H,1,3-11,14H2,(H,23,24). The zero-order valence-electron chi connectivity index (χ0n) is 14.2. The van der Waals surface area contributed by atoms with Crippen LogP contribution < -0.4 is 4.90 Å². The van der Waals surface area contributed by atoms with Crippen molar-refractivity contribution in [2.45, 2.75) is 38.6 Å². The van der Waals surface area contributed by atoms with E-state index in [1.165, 1.54) is 12.8 Å². The Kier molecular flexibility index (Phi) is 5.14. The van der Waals surface area contributed by atoms with Gasteiger partial charge in [-0.05, 0) is 45.2 Å². The van der Waals surface area contributed by atoms with Gasteiger partial charge in [0.1, 0.15) is 0 Å².